The first kappa shape index (κ1) is 14.3. The Labute approximate surface area is 113 Å². The molecule has 2 aliphatic heterocycles. The SMILES string of the molecule is CNC(=O)C1CCCN1C(=O)CNCC1CCCO1. The van der Waals surface area contributed by atoms with E-state index in [2.05, 4.69) is 10.6 Å². The fourth-order valence-corrected chi connectivity index (χ4v) is 2.75. The lowest BCUT2D eigenvalue weighted by atomic mass is 10.2. The monoisotopic (exact) mass is 269 g/mol. The lowest BCUT2D eigenvalue weighted by molar-refractivity contribution is -0.137. The van der Waals surface area contributed by atoms with Crippen LogP contribution in [0, 0.1) is 0 Å². The zero-order valence-corrected chi connectivity index (χ0v) is 11.5. The van der Waals surface area contributed by atoms with Crippen molar-refractivity contribution in [3.63, 3.8) is 0 Å². The Morgan fingerprint density at radius 2 is 2.16 bits per heavy atom. The molecule has 2 saturated heterocycles. The maximum Gasteiger partial charge on any atom is 0.242 e. The van der Waals surface area contributed by atoms with Crippen LogP contribution < -0.4 is 10.6 Å². The number of carbonyl (C=O) groups excluding carboxylic acids is 2. The van der Waals surface area contributed by atoms with Gasteiger partial charge in [0.25, 0.3) is 0 Å². The molecular weight excluding hydrogens is 246 g/mol. The maximum absolute atomic E-state index is 12.1. The molecule has 0 bridgehead atoms. The van der Waals surface area contributed by atoms with Gasteiger partial charge in [-0.25, -0.2) is 0 Å². The molecule has 0 spiro atoms. The molecule has 19 heavy (non-hydrogen) atoms. The molecule has 0 aliphatic carbocycles. The molecule has 0 saturated carbocycles. The molecule has 0 aromatic carbocycles. The number of nitrogens with one attached hydrogen (secondary N) is 2. The first-order valence-corrected chi connectivity index (χ1v) is 7.05. The number of hydrogen-bond donors (Lipinski definition) is 2. The summed E-state index contributed by atoms with van der Waals surface area (Å²) in [7, 11) is 1.61. The summed E-state index contributed by atoms with van der Waals surface area (Å²) in [6.07, 6.45) is 4.06. The van der Waals surface area contributed by atoms with Crippen LogP contribution in [0.3, 0.4) is 0 Å². The van der Waals surface area contributed by atoms with Crippen molar-refractivity contribution in [3.8, 4) is 0 Å². The molecule has 6 heteroatoms. The molecule has 2 aliphatic rings. The van der Waals surface area contributed by atoms with Crippen LogP contribution in [0.2, 0.25) is 0 Å². The number of likely N-dealkylation sites (N-methyl/N-ethyl adjacent to an activating group) is 1. The van der Waals surface area contributed by atoms with Crippen LogP contribution in [-0.4, -0.2) is 62.1 Å². The van der Waals surface area contributed by atoms with Crippen LogP contribution in [0.25, 0.3) is 0 Å². The van der Waals surface area contributed by atoms with E-state index in [1.807, 2.05) is 0 Å². The van der Waals surface area contributed by atoms with Gasteiger partial charge >= 0.3 is 0 Å². The summed E-state index contributed by atoms with van der Waals surface area (Å²) in [5.74, 6) is -0.0610. The van der Waals surface area contributed by atoms with Gasteiger partial charge in [0.15, 0.2) is 0 Å². The normalized spacial score (nSPS) is 26.7. The highest BCUT2D eigenvalue weighted by Crippen LogP contribution is 2.17. The van der Waals surface area contributed by atoms with Crippen molar-refractivity contribution in [2.24, 2.45) is 0 Å². The summed E-state index contributed by atoms with van der Waals surface area (Å²) in [5, 5.41) is 5.75. The molecule has 0 radical (unpaired) electrons. The fourth-order valence-electron chi connectivity index (χ4n) is 2.75. The van der Waals surface area contributed by atoms with Crippen molar-refractivity contribution in [2.75, 3.05) is 33.3 Å². The number of ether oxygens (including phenoxy) is 1. The topological polar surface area (TPSA) is 70.7 Å². The van der Waals surface area contributed by atoms with Gasteiger partial charge in [-0.05, 0) is 25.7 Å². The van der Waals surface area contributed by atoms with Crippen molar-refractivity contribution in [3.05, 3.63) is 0 Å². The molecule has 2 N–H and O–H groups in total. The van der Waals surface area contributed by atoms with Gasteiger partial charge in [0.1, 0.15) is 6.04 Å². The van der Waals surface area contributed by atoms with E-state index in [0.29, 0.717) is 13.1 Å². The number of amides is 2. The Balaban J connectivity index is 1.73. The molecular formula is C13H23N3O3. The highest BCUT2D eigenvalue weighted by atomic mass is 16.5. The van der Waals surface area contributed by atoms with Gasteiger partial charge in [0, 0.05) is 26.7 Å². The minimum atomic E-state index is -0.290. The van der Waals surface area contributed by atoms with Crippen LogP contribution >= 0.6 is 0 Å². The van der Waals surface area contributed by atoms with E-state index >= 15 is 0 Å². The van der Waals surface area contributed by atoms with Crippen LogP contribution in [-0.2, 0) is 14.3 Å². The molecule has 2 unspecified atom stereocenters. The van der Waals surface area contributed by atoms with Gasteiger partial charge < -0.3 is 20.3 Å². The molecule has 2 atom stereocenters. The number of rotatable bonds is 5. The third-order valence-electron chi connectivity index (χ3n) is 3.79. The van der Waals surface area contributed by atoms with Crippen molar-refractivity contribution in [1.29, 1.82) is 0 Å². The zero-order valence-electron chi connectivity index (χ0n) is 11.5. The third-order valence-corrected chi connectivity index (χ3v) is 3.79. The predicted octanol–water partition coefficient (Wildman–Crippen LogP) is -0.508. The Morgan fingerprint density at radius 1 is 1.32 bits per heavy atom. The van der Waals surface area contributed by atoms with Crippen molar-refractivity contribution >= 4 is 11.8 Å². The van der Waals surface area contributed by atoms with Gasteiger partial charge in [-0.3, -0.25) is 9.59 Å². The van der Waals surface area contributed by atoms with Crippen LogP contribution in [0.4, 0.5) is 0 Å². The van der Waals surface area contributed by atoms with E-state index in [0.717, 1.165) is 32.3 Å². The molecule has 0 aromatic heterocycles. The number of carbonyl (C=O) groups is 2. The molecule has 2 fully saturated rings. The first-order chi connectivity index (χ1) is 9.22. The number of hydrogen-bond acceptors (Lipinski definition) is 4. The molecule has 2 heterocycles. The first-order valence-electron chi connectivity index (χ1n) is 7.05. The van der Waals surface area contributed by atoms with Gasteiger partial charge in [-0.1, -0.05) is 0 Å². The van der Waals surface area contributed by atoms with Gasteiger partial charge in [-0.15, -0.1) is 0 Å². The van der Waals surface area contributed by atoms with E-state index < -0.39 is 0 Å². The van der Waals surface area contributed by atoms with E-state index in [-0.39, 0.29) is 30.5 Å². The number of nitrogens with zero attached hydrogens (tertiary/aromatic N) is 1. The third kappa shape index (κ3) is 3.67. The molecule has 108 valence electrons. The average Bonchev–Trinajstić information content (AvgIpc) is 3.08. The summed E-state index contributed by atoms with van der Waals surface area (Å²) in [6.45, 7) is 2.50. The van der Waals surface area contributed by atoms with Gasteiger partial charge in [-0.2, -0.15) is 0 Å². The summed E-state index contributed by atoms with van der Waals surface area (Å²) in [4.78, 5) is 25.4. The van der Waals surface area contributed by atoms with E-state index in [4.69, 9.17) is 4.74 Å². The maximum atomic E-state index is 12.1. The van der Waals surface area contributed by atoms with Crippen molar-refractivity contribution in [1.82, 2.24) is 15.5 Å². The average molecular weight is 269 g/mol. The Hall–Kier alpha value is -1.14. The molecule has 2 rings (SSSR count). The highest BCUT2D eigenvalue weighted by molar-refractivity contribution is 5.88. The minimum Gasteiger partial charge on any atom is -0.377 e. The summed E-state index contributed by atoms with van der Waals surface area (Å²) >= 11 is 0. The highest BCUT2D eigenvalue weighted by Gasteiger charge is 2.33. The smallest absolute Gasteiger partial charge is 0.242 e. The summed E-state index contributed by atoms with van der Waals surface area (Å²) in [5.41, 5.74) is 0. The second-order valence-electron chi connectivity index (χ2n) is 5.13. The summed E-state index contributed by atoms with van der Waals surface area (Å²) < 4.78 is 5.49. The Kier molecular flexibility index (Phi) is 5.15. The molecule has 0 aromatic rings. The molecule has 2 amide bonds. The van der Waals surface area contributed by atoms with E-state index in [1.165, 1.54) is 0 Å². The summed E-state index contributed by atoms with van der Waals surface area (Å²) in [6, 6.07) is -0.290. The standard InChI is InChI=1S/C13H23N3O3/c1-14-13(18)11-5-2-6-16(11)12(17)9-15-8-10-4-3-7-19-10/h10-11,15H,2-9H2,1H3,(H,14,18). The zero-order chi connectivity index (χ0) is 13.7. The fraction of sp³-hybridized carbons (Fsp3) is 0.846. The Morgan fingerprint density at radius 3 is 2.84 bits per heavy atom. The van der Waals surface area contributed by atoms with Crippen molar-refractivity contribution in [2.45, 2.75) is 37.8 Å². The van der Waals surface area contributed by atoms with E-state index in [1.54, 1.807) is 11.9 Å². The van der Waals surface area contributed by atoms with Gasteiger partial charge in [0.2, 0.25) is 11.8 Å². The van der Waals surface area contributed by atoms with Crippen LogP contribution in [0.5, 0.6) is 0 Å². The lowest BCUT2D eigenvalue weighted by Gasteiger charge is -2.23. The second kappa shape index (κ2) is 6.86. The number of likely N-dealkylation sites (tertiary alicyclic amines) is 1. The van der Waals surface area contributed by atoms with Crippen molar-refractivity contribution < 1.29 is 14.3 Å². The van der Waals surface area contributed by atoms with Crippen LogP contribution in [0.15, 0.2) is 0 Å². The lowest BCUT2D eigenvalue weighted by Crippen LogP contribution is -2.48. The molecule has 6 nitrogen and oxygen atoms in total. The van der Waals surface area contributed by atoms with Crippen LogP contribution in [0.1, 0.15) is 25.7 Å². The minimum absolute atomic E-state index is 0.00379. The second-order valence-corrected chi connectivity index (χ2v) is 5.13. The predicted molar refractivity (Wildman–Crippen MR) is 70.6 cm³/mol. The van der Waals surface area contributed by atoms with E-state index in [9.17, 15) is 9.59 Å². The van der Waals surface area contributed by atoms with Gasteiger partial charge in [0.05, 0.1) is 12.6 Å². The quantitative estimate of drug-likeness (QED) is 0.705. The Bertz CT molecular complexity index is 329. The largest absolute Gasteiger partial charge is 0.377 e.